The fraction of sp³-hybridized carbons (Fsp3) is 0.200. The zero-order valence-corrected chi connectivity index (χ0v) is 9.92. The van der Waals surface area contributed by atoms with Crippen molar-refractivity contribution in [1.29, 1.82) is 0 Å². The molecule has 0 bridgehead atoms. The summed E-state index contributed by atoms with van der Waals surface area (Å²) in [5.74, 6) is 5.43. The van der Waals surface area contributed by atoms with Crippen LogP contribution in [0.5, 0.6) is 5.75 Å². The molecule has 0 aliphatic heterocycles. The minimum absolute atomic E-state index is 0.193. The average molecular weight is 254 g/mol. The fourth-order valence-electron chi connectivity index (χ4n) is 1.23. The highest BCUT2D eigenvalue weighted by atomic mass is 32.1. The Hall–Kier alpha value is -1.73. The molecule has 3 N–H and O–H groups in total. The molecule has 7 heteroatoms. The lowest BCUT2D eigenvalue weighted by atomic mass is 10.2. The van der Waals surface area contributed by atoms with Crippen molar-refractivity contribution < 1.29 is 9.13 Å². The van der Waals surface area contributed by atoms with Gasteiger partial charge in [-0.25, -0.2) is 10.2 Å². The van der Waals surface area contributed by atoms with Crippen LogP contribution in [-0.2, 0) is 6.61 Å². The SMILES string of the molecule is Cc1ccc(OCc2nnsc2NN)cc1F. The Balaban J connectivity index is 2.05. The number of hydrogen-bond acceptors (Lipinski definition) is 6. The molecule has 1 aromatic heterocycles. The first-order chi connectivity index (χ1) is 8.20. The highest BCUT2D eigenvalue weighted by molar-refractivity contribution is 7.10. The van der Waals surface area contributed by atoms with E-state index < -0.39 is 0 Å². The lowest BCUT2D eigenvalue weighted by Gasteiger charge is -2.06. The van der Waals surface area contributed by atoms with E-state index >= 15 is 0 Å². The van der Waals surface area contributed by atoms with E-state index in [2.05, 4.69) is 15.0 Å². The summed E-state index contributed by atoms with van der Waals surface area (Å²) < 4.78 is 22.4. The molecule has 0 amide bonds. The van der Waals surface area contributed by atoms with Gasteiger partial charge in [0.2, 0.25) is 0 Å². The lowest BCUT2D eigenvalue weighted by Crippen LogP contribution is -2.08. The number of aryl methyl sites for hydroxylation is 1. The molecular formula is C10H11FN4OS. The van der Waals surface area contributed by atoms with Crippen LogP contribution in [0.2, 0.25) is 0 Å². The number of benzene rings is 1. The van der Waals surface area contributed by atoms with Crippen LogP contribution in [0, 0.1) is 12.7 Å². The smallest absolute Gasteiger partial charge is 0.150 e. The second-order valence-corrected chi connectivity index (χ2v) is 4.15. The van der Waals surface area contributed by atoms with E-state index in [4.69, 9.17) is 10.6 Å². The monoisotopic (exact) mass is 254 g/mol. The number of aromatic nitrogens is 2. The molecule has 1 heterocycles. The van der Waals surface area contributed by atoms with Crippen molar-refractivity contribution >= 4 is 16.5 Å². The van der Waals surface area contributed by atoms with E-state index in [1.807, 2.05) is 0 Å². The molecule has 17 heavy (non-hydrogen) atoms. The summed E-state index contributed by atoms with van der Waals surface area (Å²) in [6, 6.07) is 4.70. The van der Waals surface area contributed by atoms with Crippen molar-refractivity contribution in [2.24, 2.45) is 5.84 Å². The van der Waals surface area contributed by atoms with Gasteiger partial charge in [0.1, 0.15) is 23.9 Å². The van der Waals surface area contributed by atoms with E-state index in [0.717, 1.165) is 11.5 Å². The molecule has 0 saturated carbocycles. The Labute approximate surface area is 102 Å². The summed E-state index contributed by atoms with van der Waals surface area (Å²) in [5.41, 5.74) is 3.65. The molecule has 0 saturated heterocycles. The Bertz CT molecular complexity index is 517. The van der Waals surface area contributed by atoms with Crippen molar-refractivity contribution in [3.63, 3.8) is 0 Å². The summed E-state index contributed by atoms with van der Waals surface area (Å²) >= 11 is 1.14. The molecule has 0 atom stereocenters. The molecule has 0 unspecified atom stereocenters. The first-order valence-corrected chi connectivity index (χ1v) is 5.65. The van der Waals surface area contributed by atoms with Crippen molar-refractivity contribution in [3.05, 3.63) is 35.3 Å². The molecule has 0 fully saturated rings. The number of hydrazine groups is 1. The van der Waals surface area contributed by atoms with Crippen LogP contribution >= 0.6 is 11.5 Å². The minimum Gasteiger partial charge on any atom is -0.487 e. The molecule has 0 aliphatic rings. The van der Waals surface area contributed by atoms with Crippen LogP contribution in [0.25, 0.3) is 0 Å². The topological polar surface area (TPSA) is 73.1 Å². The quantitative estimate of drug-likeness (QED) is 0.643. The molecule has 0 spiro atoms. The van der Waals surface area contributed by atoms with E-state index in [0.29, 0.717) is 22.0 Å². The third kappa shape index (κ3) is 2.69. The van der Waals surface area contributed by atoms with Crippen molar-refractivity contribution in [3.8, 4) is 5.75 Å². The number of nitrogen functional groups attached to an aromatic ring is 1. The Morgan fingerprint density at radius 1 is 1.53 bits per heavy atom. The molecule has 1 aromatic carbocycles. The van der Waals surface area contributed by atoms with E-state index in [-0.39, 0.29) is 12.4 Å². The maximum atomic E-state index is 13.3. The van der Waals surface area contributed by atoms with Gasteiger partial charge in [0, 0.05) is 17.6 Å². The summed E-state index contributed by atoms with van der Waals surface area (Å²) in [4.78, 5) is 0. The van der Waals surface area contributed by atoms with Gasteiger partial charge in [-0.2, -0.15) is 0 Å². The Morgan fingerprint density at radius 2 is 2.35 bits per heavy atom. The van der Waals surface area contributed by atoms with Crippen molar-refractivity contribution in [1.82, 2.24) is 9.59 Å². The van der Waals surface area contributed by atoms with Gasteiger partial charge < -0.3 is 10.2 Å². The molecule has 2 aromatic rings. The average Bonchev–Trinajstić information content (AvgIpc) is 2.78. The number of nitrogens with zero attached hydrogens (tertiary/aromatic N) is 2. The minimum atomic E-state index is -0.295. The van der Waals surface area contributed by atoms with Crippen LogP contribution in [0.15, 0.2) is 18.2 Å². The molecule has 0 aliphatic carbocycles. The summed E-state index contributed by atoms with van der Waals surface area (Å²) in [5, 5.41) is 4.49. The predicted molar refractivity (Wildman–Crippen MR) is 63.2 cm³/mol. The number of hydrogen-bond donors (Lipinski definition) is 2. The summed E-state index contributed by atoms with van der Waals surface area (Å²) in [7, 11) is 0. The van der Waals surface area contributed by atoms with Gasteiger partial charge in [0.05, 0.1) is 0 Å². The van der Waals surface area contributed by atoms with E-state index in [1.54, 1.807) is 19.1 Å². The van der Waals surface area contributed by atoms with Crippen LogP contribution < -0.4 is 16.0 Å². The highest BCUT2D eigenvalue weighted by Gasteiger charge is 2.08. The van der Waals surface area contributed by atoms with Gasteiger partial charge in [0.15, 0.2) is 5.00 Å². The number of halogens is 1. The molecule has 90 valence electrons. The van der Waals surface area contributed by atoms with Gasteiger partial charge in [-0.05, 0) is 18.6 Å². The Morgan fingerprint density at radius 3 is 3.06 bits per heavy atom. The van der Waals surface area contributed by atoms with Gasteiger partial charge in [-0.3, -0.25) is 0 Å². The second-order valence-electron chi connectivity index (χ2n) is 3.39. The van der Waals surface area contributed by atoms with Crippen LogP contribution in [-0.4, -0.2) is 9.59 Å². The van der Waals surface area contributed by atoms with E-state index in [1.165, 1.54) is 6.07 Å². The maximum absolute atomic E-state index is 13.3. The lowest BCUT2D eigenvalue weighted by molar-refractivity contribution is 0.300. The first-order valence-electron chi connectivity index (χ1n) is 4.87. The standard InChI is InChI=1S/C10H11FN4OS/c1-6-2-3-7(4-8(6)11)16-5-9-10(13-12)17-15-14-9/h2-4,13H,5,12H2,1H3. The zero-order valence-electron chi connectivity index (χ0n) is 9.11. The molecule has 2 rings (SSSR count). The van der Waals surface area contributed by atoms with Gasteiger partial charge >= 0.3 is 0 Å². The number of nitrogens with one attached hydrogen (secondary N) is 1. The highest BCUT2D eigenvalue weighted by Crippen LogP contribution is 2.20. The fourth-order valence-corrected chi connectivity index (χ4v) is 1.71. The predicted octanol–water partition coefficient (Wildman–Crippen LogP) is 1.85. The normalized spacial score (nSPS) is 10.3. The Kier molecular flexibility index (Phi) is 3.50. The summed E-state index contributed by atoms with van der Waals surface area (Å²) in [6.07, 6.45) is 0. The number of ether oxygens (including phenoxy) is 1. The largest absolute Gasteiger partial charge is 0.487 e. The maximum Gasteiger partial charge on any atom is 0.150 e. The first kappa shape index (κ1) is 11.7. The third-order valence-electron chi connectivity index (χ3n) is 2.21. The van der Waals surface area contributed by atoms with Gasteiger partial charge in [-0.1, -0.05) is 10.6 Å². The van der Waals surface area contributed by atoms with Gasteiger partial charge in [0.25, 0.3) is 0 Å². The molecule has 0 radical (unpaired) electrons. The third-order valence-corrected chi connectivity index (χ3v) is 2.91. The van der Waals surface area contributed by atoms with Gasteiger partial charge in [-0.15, -0.1) is 5.10 Å². The zero-order chi connectivity index (χ0) is 12.3. The molecular weight excluding hydrogens is 243 g/mol. The molecule has 5 nitrogen and oxygen atoms in total. The summed E-state index contributed by atoms with van der Waals surface area (Å²) in [6.45, 7) is 1.89. The van der Waals surface area contributed by atoms with Crippen molar-refractivity contribution in [2.45, 2.75) is 13.5 Å². The van der Waals surface area contributed by atoms with Crippen LogP contribution in [0.1, 0.15) is 11.3 Å². The van der Waals surface area contributed by atoms with Crippen LogP contribution in [0.3, 0.4) is 0 Å². The number of nitrogens with two attached hydrogens (primary N) is 1. The number of rotatable bonds is 4. The van der Waals surface area contributed by atoms with E-state index in [9.17, 15) is 4.39 Å². The second kappa shape index (κ2) is 5.07. The number of anilines is 1. The van der Waals surface area contributed by atoms with Crippen LogP contribution in [0.4, 0.5) is 9.39 Å². The van der Waals surface area contributed by atoms with Crippen molar-refractivity contribution in [2.75, 3.05) is 5.43 Å².